The monoisotopic (exact) mass is 184 g/mol. The Balaban J connectivity index is 3.53. The van der Waals surface area contributed by atoms with Crippen molar-refractivity contribution in [1.82, 2.24) is 0 Å². The molecule has 2 nitrogen and oxygen atoms in total. The van der Waals surface area contributed by atoms with Crippen molar-refractivity contribution in [1.29, 1.82) is 0 Å². The van der Waals surface area contributed by atoms with E-state index in [2.05, 4.69) is 19.9 Å². The van der Waals surface area contributed by atoms with E-state index >= 15 is 0 Å². The van der Waals surface area contributed by atoms with Gasteiger partial charge in [0.1, 0.15) is 6.10 Å². The van der Waals surface area contributed by atoms with Crippen LogP contribution in [-0.2, 0) is 9.53 Å². The summed E-state index contributed by atoms with van der Waals surface area (Å²) in [5, 5.41) is 0. The van der Waals surface area contributed by atoms with Crippen molar-refractivity contribution in [3.8, 4) is 0 Å². The van der Waals surface area contributed by atoms with Gasteiger partial charge in [0, 0.05) is 6.92 Å². The lowest BCUT2D eigenvalue weighted by Crippen LogP contribution is -2.08. The number of carbonyl (C=O) groups is 1. The average Bonchev–Trinajstić information content (AvgIpc) is 1.96. The summed E-state index contributed by atoms with van der Waals surface area (Å²) in [6.45, 7) is 7.69. The zero-order chi connectivity index (χ0) is 10.3. The molecule has 0 saturated heterocycles. The third-order valence-electron chi connectivity index (χ3n) is 1.67. The Labute approximate surface area is 81.0 Å². The van der Waals surface area contributed by atoms with Crippen LogP contribution in [0.15, 0.2) is 12.2 Å². The molecule has 0 rings (SSSR count). The Hall–Kier alpha value is -0.790. The van der Waals surface area contributed by atoms with Crippen LogP contribution in [-0.4, -0.2) is 12.1 Å². The van der Waals surface area contributed by atoms with Crippen molar-refractivity contribution in [2.24, 2.45) is 5.92 Å². The van der Waals surface area contributed by atoms with Gasteiger partial charge in [-0.3, -0.25) is 4.79 Å². The summed E-state index contributed by atoms with van der Waals surface area (Å²) in [5.41, 5.74) is 0. The maximum absolute atomic E-state index is 10.5. The van der Waals surface area contributed by atoms with Crippen molar-refractivity contribution >= 4 is 5.97 Å². The van der Waals surface area contributed by atoms with Crippen molar-refractivity contribution < 1.29 is 9.53 Å². The van der Waals surface area contributed by atoms with E-state index in [1.807, 2.05) is 13.0 Å². The number of hydrogen-bond donors (Lipinski definition) is 0. The lowest BCUT2D eigenvalue weighted by molar-refractivity contribution is -0.143. The first-order valence-electron chi connectivity index (χ1n) is 4.86. The maximum Gasteiger partial charge on any atom is 0.303 e. The number of carbonyl (C=O) groups excluding carboxylic acids is 1. The molecule has 0 radical (unpaired) electrons. The van der Waals surface area contributed by atoms with Gasteiger partial charge in [-0.1, -0.05) is 19.9 Å². The second kappa shape index (κ2) is 6.70. The van der Waals surface area contributed by atoms with Gasteiger partial charge in [0.2, 0.25) is 0 Å². The molecule has 1 atom stereocenters. The Morgan fingerprint density at radius 3 is 2.46 bits per heavy atom. The minimum Gasteiger partial charge on any atom is -0.459 e. The predicted octanol–water partition coefficient (Wildman–Crippen LogP) is 2.93. The zero-order valence-electron chi connectivity index (χ0n) is 9.04. The first-order chi connectivity index (χ1) is 6.02. The molecule has 0 saturated carbocycles. The Bertz CT molecular complexity index is 171. The van der Waals surface area contributed by atoms with E-state index in [1.54, 1.807) is 0 Å². The normalized spacial score (nSPS) is 13.6. The second-order valence-corrected chi connectivity index (χ2v) is 3.71. The van der Waals surface area contributed by atoms with Gasteiger partial charge in [0.15, 0.2) is 0 Å². The third-order valence-corrected chi connectivity index (χ3v) is 1.67. The molecule has 0 spiro atoms. The molecule has 0 heterocycles. The van der Waals surface area contributed by atoms with Crippen LogP contribution in [0, 0.1) is 5.92 Å². The molecule has 76 valence electrons. The van der Waals surface area contributed by atoms with Gasteiger partial charge >= 0.3 is 5.97 Å². The molecule has 0 aliphatic heterocycles. The molecule has 0 N–H and O–H groups in total. The molecule has 0 aliphatic carbocycles. The lowest BCUT2D eigenvalue weighted by Gasteiger charge is -2.06. The number of hydrogen-bond acceptors (Lipinski definition) is 2. The van der Waals surface area contributed by atoms with E-state index in [0.29, 0.717) is 0 Å². The van der Waals surface area contributed by atoms with Crippen molar-refractivity contribution in [2.45, 2.75) is 46.6 Å². The first-order valence-corrected chi connectivity index (χ1v) is 4.86. The average molecular weight is 184 g/mol. The fraction of sp³-hybridized carbons (Fsp3) is 0.727. The van der Waals surface area contributed by atoms with Crippen LogP contribution in [0.3, 0.4) is 0 Å². The highest BCUT2D eigenvalue weighted by molar-refractivity contribution is 5.66. The fourth-order valence-electron chi connectivity index (χ4n) is 1.02. The van der Waals surface area contributed by atoms with Crippen LogP contribution < -0.4 is 0 Å². The fourth-order valence-corrected chi connectivity index (χ4v) is 1.02. The molecule has 0 bridgehead atoms. The van der Waals surface area contributed by atoms with Crippen LogP contribution in [0.4, 0.5) is 0 Å². The molecule has 13 heavy (non-hydrogen) atoms. The Kier molecular flexibility index (Phi) is 6.29. The smallest absolute Gasteiger partial charge is 0.303 e. The molecule has 0 aromatic rings. The molecule has 0 fully saturated rings. The lowest BCUT2D eigenvalue weighted by atomic mass is 10.1. The van der Waals surface area contributed by atoms with Gasteiger partial charge in [-0.05, 0) is 31.8 Å². The summed E-state index contributed by atoms with van der Waals surface area (Å²) in [6, 6.07) is 0. The van der Waals surface area contributed by atoms with Crippen LogP contribution >= 0.6 is 0 Å². The van der Waals surface area contributed by atoms with Crippen LogP contribution in [0.1, 0.15) is 40.5 Å². The van der Waals surface area contributed by atoms with E-state index in [-0.39, 0.29) is 12.1 Å². The van der Waals surface area contributed by atoms with Crippen LogP contribution in [0.5, 0.6) is 0 Å². The molecule has 0 aromatic heterocycles. The molecule has 0 aromatic carbocycles. The standard InChI is InChI=1S/C11H20O2/c1-9(2)7-5-6-8-10(3)13-11(4)12/h6,8-10H,5,7H2,1-4H3/b8-6+. The third kappa shape index (κ3) is 9.12. The van der Waals surface area contributed by atoms with Gasteiger partial charge in [0.05, 0.1) is 0 Å². The summed E-state index contributed by atoms with van der Waals surface area (Å²) in [7, 11) is 0. The highest BCUT2D eigenvalue weighted by atomic mass is 16.5. The number of ether oxygens (including phenoxy) is 1. The van der Waals surface area contributed by atoms with Crippen molar-refractivity contribution in [2.75, 3.05) is 0 Å². The summed E-state index contributed by atoms with van der Waals surface area (Å²) < 4.78 is 4.93. The number of esters is 1. The minimum absolute atomic E-state index is 0.0929. The Morgan fingerprint density at radius 1 is 1.38 bits per heavy atom. The molecular weight excluding hydrogens is 164 g/mol. The van der Waals surface area contributed by atoms with E-state index in [1.165, 1.54) is 13.3 Å². The SMILES string of the molecule is CC(=O)OC(C)/C=C/CCC(C)C. The van der Waals surface area contributed by atoms with Gasteiger partial charge in [-0.15, -0.1) is 0 Å². The number of rotatable bonds is 5. The van der Waals surface area contributed by atoms with Gasteiger partial charge < -0.3 is 4.74 Å². The highest BCUT2D eigenvalue weighted by Crippen LogP contribution is 2.04. The summed E-state index contributed by atoms with van der Waals surface area (Å²) in [4.78, 5) is 10.5. The molecule has 1 unspecified atom stereocenters. The van der Waals surface area contributed by atoms with E-state index in [0.717, 1.165) is 12.3 Å². The van der Waals surface area contributed by atoms with Crippen molar-refractivity contribution in [3.05, 3.63) is 12.2 Å². The van der Waals surface area contributed by atoms with E-state index in [4.69, 9.17) is 4.74 Å². The zero-order valence-corrected chi connectivity index (χ0v) is 9.04. The Morgan fingerprint density at radius 2 is 2.00 bits per heavy atom. The van der Waals surface area contributed by atoms with E-state index in [9.17, 15) is 4.79 Å². The minimum atomic E-state index is -0.221. The van der Waals surface area contributed by atoms with Crippen molar-refractivity contribution in [3.63, 3.8) is 0 Å². The highest BCUT2D eigenvalue weighted by Gasteiger charge is 1.99. The van der Waals surface area contributed by atoms with Gasteiger partial charge in [-0.2, -0.15) is 0 Å². The summed E-state index contributed by atoms with van der Waals surface area (Å²) in [5.74, 6) is 0.509. The van der Waals surface area contributed by atoms with Crippen LogP contribution in [0.25, 0.3) is 0 Å². The largest absolute Gasteiger partial charge is 0.459 e. The number of allylic oxidation sites excluding steroid dienone is 1. The maximum atomic E-state index is 10.5. The molecule has 0 amide bonds. The summed E-state index contributed by atoms with van der Waals surface area (Å²) >= 11 is 0. The van der Waals surface area contributed by atoms with Crippen LogP contribution in [0.2, 0.25) is 0 Å². The molecule has 2 heteroatoms. The second-order valence-electron chi connectivity index (χ2n) is 3.71. The predicted molar refractivity (Wildman–Crippen MR) is 54.4 cm³/mol. The summed E-state index contributed by atoms with van der Waals surface area (Å²) in [6.07, 6.45) is 6.16. The first kappa shape index (κ1) is 12.2. The van der Waals surface area contributed by atoms with E-state index < -0.39 is 0 Å². The topological polar surface area (TPSA) is 26.3 Å². The quantitative estimate of drug-likeness (QED) is 0.485. The van der Waals surface area contributed by atoms with Gasteiger partial charge in [0.25, 0.3) is 0 Å². The van der Waals surface area contributed by atoms with Gasteiger partial charge in [-0.25, -0.2) is 0 Å². The molecular formula is C11H20O2. The molecule has 0 aliphatic rings.